The van der Waals surface area contributed by atoms with Crippen LogP contribution in [0, 0.1) is 6.92 Å². The second-order valence-corrected chi connectivity index (χ2v) is 6.79. The molecule has 3 aromatic heterocycles. The number of guanidine groups is 1. The number of aryl methyl sites for hydroxylation is 1. The molecule has 0 bridgehead atoms. The van der Waals surface area contributed by atoms with Gasteiger partial charge in [0.15, 0.2) is 11.8 Å². The largest absolute Gasteiger partial charge is 0.463 e. The lowest BCUT2D eigenvalue weighted by Crippen LogP contribution is -2.39. The lowest BCUT2D eigenvalue weighted by Gasteiger charge is -2.19. The molecule has 0 aliphatic carbocycles. The van der Waals surface area contributed by atoms with Gasteiger partial charge in [-0.25, -0.2) is 4.99 Å². The van der Waals surface area contributed by atoms with E-state index in [1.165, 1.54) is 0 Å². The second kappa shape index (κ2) is 9.33. The Labute approximate surface area is 169 Å². The number of hydrogen-bond acceptors (Lipinski definition) is 7. The molecular formula is C20H26N6O3. The van der Waals surface area contributed by atoms with Gasteiger partial charge in [-0.3, -0.25) is 4.98 Å². The summed E-state index contributed by atoms with van der Waals surface area (Å²) in [5.74, 6) is 2.80. The summed E-state index contributed by atoms with van der Waals surface area (Å²) in [5.41, 5.74) is -0.550. The summed E-state index contributed by atoms with van der Waals surface area (Å²) >= 11 is 0. The molecule has 0 radical (unpaired) electrons. The molecule has 0 aliphatic heterocycles. The van der Waals surface area contributed by atoms with Crippen molar-refractivity contribution in [2.75, 3.05) is 19.6 Å². The Bertz CT molecular complexity index is 933. The zero-order chi connectivity index (χ0) is 20.7. The number of aromatic nitrogens is 3. The van der Waals surface area contributed by atoms with Crippen LogP contribution in [0.2, 0.25) is 0 Å². The molecule has 9 heteroatoms. The first-order valence-electron chi connectivity index (χ1n) is 9.53. The summed E-state index contributed by atoms with van der Waals surface area (Å²) in [6.07, 6.45) is 2.23. The monoisotopic (exact) mass is 398 g/mol. The minimum Gasteiger partial charge on any atom is -0.463 e. The van der Waals surface area contributed by atoms with Crippen LogP contribution in [-0.2, 0) is 12.0 Å². The molecule has 3 aromatic rings. The summed E-state index contributed by atoms with van der Waals surface area (Å²) < 4.78 is 10.8. The number of hydrogen-bond donors (Lipinski definition) is 3. The van der Waals surface area contributed by atoms with Crippen molar-refractivity contribution < 1.29 is 14.0 Å². The first-order chi connectivity index (χ1) is 14.0. The highest BCUT2D eigenvalue weighted by Crippen LogP contribution is 2.23. The molecular weight excluding hydrogens is 372 g/mol. The first-order valence-corrected chi connectivity index (χ1v) is 9.53. The SMILES string of the molecule is CCNC(=NCC(C)(O)c1ccc(C)o1)NCCc1noc(-c2ccccn2)n1. The van der Waals surface area contributed by atoms with Gasteiger partial charge in [0.05, 0.1) is 6.54 Å². The third-order valence-corrected chi connectivity index (χ3v) is 4.15. The average Bonchev–Trinajstić information content (AvgIpc) is 3.36. The minimum atomic E-state index is -1.19. The molecule has 3 N–H and O–H groups in total. The molecule has 1 atom stereocenters. The van der Waals surface area contributed by atoms with Crippen molar-refractivity contribution in [3.05, 3.63) is 53.9 Å². The molecule has 154 valence electrons. The number of nitrogens with zero attached hydrogens (tertiary/aromatic N) is 4. The van der Waals surface area contributed by atoms with Crippen LogP contribution in [0.1, 0.15) is 31.2 Å². The van der Waals surface area contributed by atoms with Crippen molar-refractivity contribution in [2.24, 2.45) is 4.99 Å². The summed E-state index contributed by atoms with van der Waals surface area (Å²) in [6.45, 7) is 6.89. The van der Waals surface area contributed by atoms with Crippen LogP contribution >= 0.6 is 0 Å². The number of aliphatic hydroxyl groups is 1. The smallest absolute Gasteiger partial charge is 0.276 e. The van der Waals surface area contributed by atoms with Crippen molar-refractivity contribution in [2.45, 2.75) is 32.8 Å². The Morgan fingerprint density at radius 3 is 2.79 bits per heavy atom. The van der Waals surface area contributed by atoms with Crippen molar-refractivity contribution in [1.29, 1.82) is 0 Å². The van der Waals surface area contributed by atoms with Crippen molar-refractivity contribution in [3.8, 4) is 11.6 Å². The molecule has 29 heavy (non-hydrogen) atoms. The Morgan fingerprint density at radius 1 is 1.24 bits per heavy atom. The highest BCUT2D eigenvalue weighted by atomic mass is 16.5. The molecule has 3 rings (SSSR count). The minimum absolute atomic E-state index is 0.154. The summed E-state index contributed by atoms with van der Waals surface area (Å²) in [5, 5.41) is 21.0. The van der Waals surface area contributed by atoms with Crippen molar-refractivity contribution in [3.63, 3.8) is 0 Å². The van der Waals surface area contributed by atoms with Gasteiger partial charge in [0, 0.05) is 25.7 Å². The molecule has 0 saturated carbocycles. The van der Waals surface area contributed by atoms with E-state index in [0.717, 1.165) is 5.76 Å². The van der Waals surface area contributed by atoms with E-state index in [-0.39, 0.29) is 6.54 Å². The molecule has 0 aliphatic rings. The Morgan fingerprint density at radius 2 is 2.10 bits per heavy atom. The van der Waals surface area contributed by atoms with Gasteiger partial charge in [0.25, 0.3) is 5.89 Å². The van der Waals surface area contributed by atoms with E-state index < -0.39 is 5.60 Å². The normalized spacial score (nSPS) is 13.9. The fourth-order valence-electron chi connectivity index (χ4n) is 2.62. The standard InChI is InChI=1S/C20H26N6O3/c1-4-21-19(24-13-20(3,27)16-9-8-14(2)28-16)23-12-10-17-25-18(29-26-17)15-7-5-6-11-22-15/h5-9,11,27H,4,10,12-13H2,1-3H3,(H2,21,23,24). The van der Waals surface area contributed by atoms with Gasteiger partial charge >= 0.3 is 0 Å². The van der Waals surface area contributed by atoms with Crippen LogP contribution < -0.4 is 10.6 Å². The van der Waals surface area contributed by atoms with Gasteiger partial charge in [0.1, 0.15) is 22.8 Å². The summed E-state index contributed by atoms with van der Waals surface area (Å²) in [6, 6.07) is 9.10. The van der Waals surface area contributed by atoms with Gasteiger partial charge in [-0.05, 0) is 45.0 Å². The average molecular weight is 398 g/mol. The molecule has 3 heterocycles. The molecule has 0 fully saturated rings. The zero-order valence-corrected chi connectivity index (χ0v) is 16.8. The van der Waals surface area contributed by atoms with E-state index in [1.54, 1.807) is 19.2 Å². The number of furan rings is 1. The second-order valence-electron chi connectivity index (χ2n) is 6.79. The predicted octanol–water partition coefficient (Wildman–Crippen LogP) is 2.04. The molecule has 0 saturated heterocycles. The number of pyridine rings is 1. The van der Waals surface area contributed by atoms with Crippen LogP contribution in [0.15, 0.2) is 50.5 Å². The third-order valence-electron chi connectivity index (χ3n) is 4.15. The van der Waals surface area contributed by atoms with E-state index in [9.17, 15) is 5.11 Å². The van der Waals surface area contributed by atoms with Crippen LogP contribution in [0.5, 0.6) is 0 Å². The Kier molecular flexibility index (Phi) is 6.61. The molecule has 0 amide bonds. The summed E-state index contributed by atoms with van der Waals surface area (Å²) in [4.78, 5) is 13.0. The number of rotatable bonds is 8. The van der Waals surface area contributed by atoms with Gasteiger partial charge in [0.2, 0.25) is 0 Å². The van der Waals surface area contributed by atoms with E-state index in [4.69, 9.17) is 8.94 Å². The Balaban J connectivity index is 1.55. The fraction of sp³-hybridized carbons (Fsp3) is 0.400. The van der Waals surface area contributed by atoms with Crippen LogP contribution in [0.4, 0.5) is 0 Å². The lowest BCUT2D eigenvalue weighted by atomic mass is 10.0. The zero-order valence-electron chi connectivity index (χ0n) is 16.8. The topological polar surface area (TPSA) is 122 Å². The maximum absolute atomic E-state index is 10.6. The van der Waals surface area contributed by atoms with Crippen molar-refractivity contribution >= 4 is 5.96 Å². The quantitative estimate of drug-likeness (QED) is 0.389. The molecule has 0 spiro atoms. The molecule has 0 aromatic carbocycles. The van der Waals surface area contributed by atoms with Crippen LogP contribution in [0.3, 0.4) is 0 Å². The fourth-order valence-corrected chi connectivity index (χ4v) is 2.62. The van der Waals surface area contributed by atoms with Crippen molar-refractivity contribution in [1.82, 2.24) is 25.8 Å². The number of nitrogens with one attached hydrogen (secondary N) is 2. The first kappa shape index (κ1) is 20.5. The Hall–Kier alpha value is -3.20. The third kappa shape index (κ3) is 5.64. The highest BCUT2D eigenvalue weighted by Gasteiger charge is 2.26. The van der Waals surface area contributed by atoms with Gasteiger partial charge in [-0.2, -0.15) is 4.98 Å². The summed E-state index contributed by atoms with van der Waals surface area (Å²) in [7, 11) is 0. The van der Waals surface area contributed by atoms with Gasteiger partial charge in [-0.1, -0.05) is 11.2 Å². The molecule has 9 nitrogen and oxygen atoms in total. The van der Waals surface area contributed by atoms with E-state index >= 15 is 0 Å². The van der Waals surface area contributed by atoms with E-state index in [1.807, 2.05) is 38.1 Å². The van der Waals surface area contributed by atoms with Gasteiger partial charge < -0.3 is 24.7 Å². The van der Waals surface area contributed by atoms with Gasteiger partial charge in [-0.15, -0.1) is 0 Å². The maximum Gasteiger partial charge on any atom is 0.276 e. The highest BCUT2D eigenvalue weighted by molar-refractivity contribution is 5.79. The van der Waals surface area contributed by atoms with Crippen LogP contribution in [0.25, 0.3) is 11.6 Å². The predicted molar refractivity (Wildman–Crippen MR) is 108 cm³/mol. The van der Waals surface area contributed by atoms with E-state index in [0.29, 0.717) is 48.6 Å². The lowest BCUT2D eigenvalue weighted by molar-refractivity contribution is 0.0428. The maximum atomic E-state index is 10.6. The van der Waals surface area contributed by atoms with E-state index in [2.05, 4.69) is 30.8 Å². The molecule has 1 unspecified atom stereocenters. The van der Waals surface area contributed by atoms with Crippen LogP contribution in [-0.4, -0.2) is 45.8 Å². The number of aliphatic imine (C=N–C) groups is 1.